The minimum absolute atomic E-state index is 0.162. The molecule has 2 aliphatic carbocycles. The van der Waals surface area contributed by atoms with E-state index in [1.807, 2.05) is 13.8 Å². The van der Waals surface area contributed by atoms with Crippen LogP contribution in [0, 0.1) is 17.7 Å². The zero-order valence-corrected chi connectivity index (χ0v) is 24.1. The van der Waals surface area contributed by atoms with Gasteiger partial charge in [0, 0.05) is 44.0 Å². The number of hydrogen-bond acceptors (Lipinski definition) is 5. The quantitative estimate of drug-likeness (QED) is 0.426. The van der Waals surface area contributed by atoms with Gasteiger partial charge in [0.15, 0.2) is 0 Å². The number of halogens is 1. The minimum atomic E-state index is -0.480. The maximum Gasteiger partial charge on any atom is 0.331 e. The van der Waals surface area contributed by atoms with E-state index >= 15 is 0 Å². The Bertz CT molecular complexity index is 1600. The third-order valence-corrected chi connectivity index (χ3v) is 8.20. The van der Waals surface area contributed by atoms with Crippen LogP contribution in [0.15, 0.2) is 46.0 Å². The van der Waals surface area contributed by atoms with Gasteiger partial charge in [0.1, 0.15) is 5.82 Å². The second-order valence-electron chi connectivity index (χ2n) is 11.9. The largest absolute Gasteiger partial charge is 0.375 e. The van der Waals surface area contributed by atoms with Crippen molar-refractivity contribution in [2.24, 2.45) is 11.8 Å². The molecule has 3 aromatic rings. The molecule has 0 aliphatic heterocycles. The van der Waals surface area contributed by atoms with Gasteiger partial charge in [-0.15, -0.1) is 0 Å². The normalized spacial score (nSPS) is 18.9. The molecule has 0 bridgehead atoms. The number of aromatic nitrogens is 2. The van der Waals surface area contributed by atoms with Crippen LogP contribution >= 0.6 is 0 Å². The predicted octanol–water partition coefficient (Wildman–Crippen LogP) is 4.29. The number of hydrogen-bond donors (Lipinski definition) is 2. The topological polar surface area (TPSA) is 105 Å². The smallest absolute Gasteiger partial charge is 0.331 e. The van der Waals surface area contributed by atoms with Crippen molar-refractivity contribution in [2.45, 2.75) is 71.0 Å². The van der Waals surface area contributed by atoms with Gasteiger partial charge in [0.2, 0.25) is 5.91 Å². The second-order valence-corrected chi connectivity index (χ2v) is 11.9. The van der Waals surface area contributed by atoms with Gasteiger partial charge in [0.05, 0.1) is 22.5 Å². The van der Waals surface area contributed by atoms with Crippen LogP contribution in [0.3, 0.4) is 0 Å². The van der Waals surface area contributed by atoms with E-state index in [-0.39, 0.29) is 29.1 Å². The molecule has 2 aromatic carbocycles. The van der Waals surface area contributed by atoms with Crippen LogP contribution in [0.5, 0.6) is 0 Å². The SMILES string of the molecule is CC(C)n1c(=O)n(CC2CC2)c(=O)c2cc(C(=O)N[C@@H]3CCCC[C@H]3C(=O)Nc3ccc(N(C)C)c(F)c3)ccc21. The van der Waals surface area contributed by atoms with Crippen molar-refractivity contribution in [1.82, 2.24) is 14.5 Å². The van der Waals surface area contributed by atoms with E-state index in [2.05, 4.69) is 10.6 Å². The van der Waals surface area contributed by atoms with Gasteiger partial charge in [-0.05, 0) is 81.8 Å². The molecule has 5 rings (SSSR count). The van der Waals surface area contributed by atoms with Gasteiger partial charge in [-0.25, -0.2) is 9.18 Å². The van der Waals surface area contributed by atoms with E-state index < -0.39 is 17.8 Å². The number of anilines is 2. The van der Waals surface area contributed by atoms with E-state index in [1.54, 1.807) is 53.9 Å². The van der Waals surface area contributed by atoms with Gasteiger partial charge >= 0.3 is 5.69 Å². The van der Waals surface area contributed by atoms with Crippen LogP contribution in [0.1, 0.15) is 68.8 Å². The van der Waals surface area contributed by atoms with Crippen LogP contribution in [-0.4, -0.2) is 41.1 Å². The highest BCUT2D eigenvalue weighted by Gasteiger charge is 2.33. The lowest BCUT2D eigenvalue weighted by atomic mass is 9.83. The summed E-state index contributed by atoms with van der Waals surface area (Å²) < 4.78 is 17.4. The summed E-state index contributed by atoms with van der Waals surface area (Å²) in [5, 5.41) is 6.16. The van der Waals surface area contributed by atoms with Crippen LogP contribution in [0.4, 0.5) is 15.8 Å². The first kappa shape index (κ1) is 28.6. The molecule has 10 heteroatoms. The Kier molecular flexibility index (Phi) is 8.02. The van der Waals surface area contributed by atoms with E-state index in [9.17, 15) is 23.6 Å². The van der Waals surface area contributed by atoms with E-state index in [4.69, 9.17) is 0 Å². The van der Waals surface area contributed by atoms with Crippen molar-refractivity contribution >= 4 is 34.1 Å². The fourth-order valence-corrected chi connectivity index (χ4v) is 5.79. The first-order chi connectivity index (χ1) is 19.5. The zero-order valence-electron chi connectivity index (χ0n) is 24.1. The summed E-state index contributed by atoms with van der Waals surface area (Å²) in [6.07, 6.45) is 4.94. The maximum absolute atomic E-state index is 14.5. The highest BCUT2D eigenvalue weighted by atomic mass is 19.1. The minimum Gasteiger partial charge on any atom is -0.375 e. The molecule has 0 saturated heterocycles. The summed E-state index contributed by atoms with van der Waals surface area (Å²) in [7, 11) is 3.49. The molecule has 2 saturated carbocycles. The average molecular weight is 564 g/mol. The molecule has 2 aliphatic rings. The molecular weight excluding hydrogens is 525 g/mol. The molecule has 0 radical (unpaired) electrons. The third-order valence-electron chi connectivity index (χ3n) is 8.20. The van der Waals surface area contributed by atoms with Crippen LogP contribution in [-0.2, 0) is 11.3 Å². The molecule has 2 N–H and O–H groups in total. The number of carbonyl (C=O) groups excluding carboxylic acids is 2. The van der Waals surface area contributed by atoms with Crippen LogP contribution in [0.25, 0.3) is 10.9 Å². The second kappa shape index (κ2) is 11.5. The predicted molar refractivity (Wildman–Crippen MR) is 158 cm³/mol. The fourth-order valence-electron chi connectivity index (χ4n) is 5.79. The highest BCUT2D eigenvalue weighted by Crippen LogP contribution is 2.30. The summed E-state index contributed by atoms with van der Waals surface area (Å²) in [6, 6.07) is 8.84. The summed E-state index contributed by atoms with van der Waals surface area (Å²) in [6.45, 7) is 4.18. The van der Waals surface area contributed by atoms with Crippen molar-refractivity contribution in [1.29, 1.82) is 0 Å². The molecule has 2 amide bonds. The summed E-state index contributed by atoms with van der Waals surface area (Å²) in [4.78, 5) is 54.9. The monoisotopic (exact) mass is 563 g/mol. The number of nitrogens with one attached hydrogen (secondary N) is 2. The molecule has 0 spiro atoms. The Morgan fingerprint density at radius 2 is 1.76 bits per heavy atom. The van der Waals surface area contributed by atoms with Gasteiger partial charge in [-0.3, -0.25) is 23.5 Å². The first-order valence-electron chi connectivity index (χ1n) is 14.4. The molecule has 1 aromatic heterocycles. The van der Waals surface area contributed by atoms with Crippen molar-refractivity contribution in [3.8, 4) is 0 Å². The van der Waals surface area contributed by atoms with Gasteiger partial charge in [0.25, 0.3) is 11.5 Å². The third kappa shape index (κ3) is 5.92. The highest BCUT2D eigenvalue weighted by molar-refractivity contribution is 5.99. The van der Waals surface area contributed by atoms with Gasteiger partial charge in [-0.2, -0.15) is 0 Å². The molecule has 9 nitrogen and oxygen atoms in total. The standard InChI is InChI=1S/C31H38FN5O4/c1-18(2)37-26-13-11-20(15-23(26)30(40)36(31(37)41)17-19-9-10-19)28(38)34-25-8-6-5-7-22(25)29(39)33-21-12-14-27(35(3)4)24(32)16-21/h11-16,18-19,22,25H,5-10,17H2,1-4H3,(H,33,39)(H,34,38)/t22-,25-/m1/s1. The molecule has 41 heavy (non-hydrogen) atoms. The Labute approximate surface area is 238 Å². The van der Waals surface area contributed by atoms with E-state index in [0.717, 1.165) is 25.7 Å². The number of carbonyl (C=O) groups is 2. The van der Waals surface area contributed by atoms with Gasteiger partial charge in [-0.1, -0.05) is 12.8 Å². The van der Waals surface area contributed by atoms with Crippen LogP contribution in [0.2, 0.25) is 0 Å². The number of nitrogens with zero attached hydrogens (tertiary/aromatic N) is 3. The molecule has 218 valence electrons. The van der Waals surface area contributed by atoms with Crippen molar-refractivity contribution in [3.05, 3.63) is 68.6 Å². The fraction of sp³-hybridized carbons (Fsp3) is 0.484. The summed E-state index contributed by atoms with van der Waals surface area (Å²) >= 11 is 0. The molecular formula is C31H38FN5O4. The number of rotatable bonds is 8. The number of amides is 2. The summed E-state index contributed by atoms with van der Waals surface area (Å²) in [5.74, 6) is -1.23. The lowest BCUT2D eigenvalue weighted by molar-refractivity contribution is -0.121. The molecule has 2 fully saturated rings. The lowest BCUT2D eigenvalue weighted by Gasteiger charge is -2.31. The Hall–Kier alpha value is -3.95. The van der Waals surface area contributed by atoms with Crippen molar-refractivity contribution < 1.29 is 14.0 Å². The average Bonchev–Trinajstić information content (AvgIpc) is 3.75. The Morgan fingerprint density at radius 3 is 2.41 bits per heavy atom. The maximum atomic E-state index is 14.5. The molecule has 1 heterocycles. The Balaban J connectivity index is 1.38. The number of fused-ring (bicyclic) bond motifs is 1. The van der Waals surface area contributed by atoms with Crippen LogP contribution < -0.4 is 26.8 Å². The van der Waals surface area contributed by atoms with E-state index in [1.165, 1.54) is 10.6 Å². The summed E-state index contributed by atoms with van der Waals surface area (Å²) in [5.41, 5.74) is 0.876. The Morgan fingerprint density at radius 1 is 1.02 bits per heavy atom. The van der Waals surface area contributed by atoms with Gasteiger partial charge < -0.3 is 15.5 Å². The first-order valence-corrected chi connectivity index (χ1v) is 14.4. The number of benzene rings is 2. The van der Waals surface area contributed by atoms with Crippen molar-refractivity contribution in [3.63, 3.8) is 0 Å². The van der Waals surface area contributed by atoms with Crippen molar-refractivity contribution in [2.75, 3.05) is 24.3 Å². The zero-order chi connectivity index (χ0) is 29.4. The van der Waals surface area contributed by atoms with E-state index in [0.29, 0.717) is 53.1 Å². The molecule has 2 atom stereocenters. The molecule has 0 unspecified atom stereocenters. The lowest BCUT2D eigenvalue weighted by Crippen LogP contribution is -2.46.